The number of benzene rings is 1. The van der Waals surface area contributed by atoms with E-state index in [-0.39, 0.29) is 26.2 Å². The van der Waals surface area contributed by atoms with Crippen LogP contribution in [0.2, 0.25) is 0 Å². The maximum absolute atomic E-state index is 12.8. The normalized spacial score (nSPS) is 19.4. The lowest BCUT2D eigenvalue weighted by Gasteiger charge is -2.28. The van der Waals surface area contributed by atoms with Crippen LogP contribution in [0.3, 0.4) is 0 Å². The van der Waals surface area contributed by atoms with Crippen LogP contribution in [0.1, 0.15) is 38.3 Å². The zero-order chi connectivity index (χ0) is 26.9. The Labute approximate surface area is 210 Å². The minimum Gasteiger partial charge on any atom is -0.481 e. The summed E-state index contributed by atoms with van der Waals surface area (Å²) in [4.78, 5) is 48.4. The maximum atomic E-state index is 12.8. The summed E-state index contributed by atoms with van der Waals surface area (Å²) in [5.74, 6) is -4.24. The molecule has 3 unspecified atom stereocenters. The van der Waals surface area contributed by atoms with E-state index in [4.69, 9.17) is 14.6 Å². The van der Waals surface area contributed by atoms with Crippen molar-refractivity contribution in [3.05, 3.63) is 48.0 Å². The van der Waals surface area contributed by atoms with E-state index in [2.05, 4.69) is 41.5 Å². The number of nitrogens with zero attached hydrogens (tertiary/aromatic N) is 1. The molecular weight excluding hydrogens is 470 g/mol. The first-order chi connectivity index (χ1) is 16.9. The number of carboxylic acid groups (broad SMARTS) is 2. The minimum absolute atomic E-state index is 0.111. The van der Waals surface area contributed by atoms with Gasteiger partial charge in [0.05, 0.1) is 19.1 Å². The fourth-order valence-corrected chi connectivity index (χ4v) is 3.82. The van der Waals surface area contributed by atoms with Gasteiger partial charge >= 0.3 is 18.0 Å². The number of aliphatic carboxylic acids is 2. The molecule has 198 valence electrons. The van der Waals surface area contributed by atoms with Crippen LogP contribution in [-0.2, 0) is 36.9 Å². The molecule has 4 N–H and O–H groups in total. The average molecular weight is 506 g/mol. The molecular formula is C25H35N3O8. The molecule has 2 amide bonds. The summed E-state index contributed by atoms with van der Waals surface area (Å²) < 4.78 is 10.3. The molecule has 0 aromatic heterocycles. The number of carboxylic acids is 2. The Balaban J connectivity index is 0.000000416. The number of hydrogen-bond donors (Lipinski definition) is 4. The quantitative estimate of drug-likeness (QED) is 0.305. The van der Waals surface area contributed by atoms with Crippen LogP contribution in [0.15, 0.2) is 36.9 Å². The third-order valence-corrected chi connectivity index (χ3v) is 5.48. The predicted octanol–water partition coefficient (Wildman–Crippen LogP) is 1.76. The van der Waals surface area contributed by atoms with Gasteiger partial charge in [-0.25, -0.2) is 9.59 Å². The van der Waals surface area contributed by atoms with Crippen molar-refractivity contribution in [2.24, 2.45) is 5.92 Å². The number of fused-ring (bicyclic) bond motifs is 1. The monoisotopic (exact) mass is 505 g/mol. The number of rotatable bonds is 8. The Bertz CT molecular complexity index is 936. The highest BCUT2D eigenvalue weighted by atomic mass is 16.6. The molecule has 1 aromatic carbocycles. The van der Waals surface area contributed by atoms with E-state index in [1.165, 1.54) is 17.2 Å². The van der Waals surface area contributed by atoms with Crippen LogP contribution in [0.25, 0.3) is 0 Å². The van der Waals surface area contributed by atoms with Crippen molar-refractivity contribution in [2.45, 2.75) is 58.0 Å². The Morgan fingerprint density at radius 3 is 2.28 bits per heavy atom. The minimum atomic E-state index is -1.31. The van der Waals surface area contributed by atoms with Gasteiger partial charge in [-0.1, -0.05) is 30.3 Å². The van der Waals surface area contributed by atoms with Gasteiger partial charge in [0.1, 0.15) is 17.7 Å². The number of ether oxygens (including phenoxy) is 2. The lowest BCUT2D eigenvalue weighted by molar-refractivity contribution is -0.149. The van der Waals surface area contributed by atoms with Crippen molar-refractivity contribution in [1.29, 1.82) is 0 Å². The van der Waals surface area contributed by atoms with Crippen LogP contribution < -0.4 is 10.6 Å². The fourth-order valence-electron chi connectivity index (χ4n) is 3.82. The van der Waals surface area contributed by atoms with Crippen molar-refractivity contribution in [3.8, 4) is 0 Å². The SMILES string of the molecule is C=CCOCC(NC(=O)OC(C)(C)C)C(=O)N1CC(C(=O)O)CC1C(=O)O.c1ccc2c(c1)CNC2. The van der Waals surface area contributed by atoms with Crippen molar-refractivity contribution in [2.75, 3.05) is 19.8 Å². The van der Waals surface area contributed by atoms with Crippen LogP contribution in [0.4, 0.5) is 4.79 Å². The van der Waals surface area contributed by atoms with Crippen LogP contribution in [-0.4, -0.2) is 76.5 Å². The summed E-state index contributed by atoms with van der Waals surface area (Å²) in [6, 6.07) is 6.01. The van der Waals surface area contributed by atoms with Crippen LogP contribution in [0.5, 0.6) is 0 Å². The number of likely N-dealkylation sites (tertiary alicyclic amines) is 1. The van der Waals surface area contributed by atoms with Crippen molar-refractivity contribution >= 4 is 23.9 Å². The molecule has 2 aliphatic heterocycles. The fraction of sp³-hybridized carbons (Fsp3) is 0.520. The lowest BCUT2D eigenvalue weighted by atomic mass is 10.1. The smallest absolute Gasteiger partial charge is 0.408 e. The van der Waals surface area contributed by atoms with Gasteiger partial charge in [0.25, 0.3) is 0 Å². The first kappa shape index (κ1) is 28.8. The van der Waals surface area contributed by atoms with Gasteiger partial charge in [-0.3, -0.25) is 9.59 Å². The van der Waals surface area contributed by atoms with Gasteiger partial charge in [0.2, 0.25) is 5.91 Å². The summed E-state index contributed by atoms with van der Waals surface area (Å²) in [5, 5.41) is 24.1. The highest BCUT2D eigenvalue weighted by molar-refractivity contribution is 5.91. The molecule has 3 atom stereocenters. The second-order valence-electron chi connectivity index (χ2n) is 9.51. The van der Waals surface area contributed by atoms with E-state index in [0.29, 0.717) is 0 Å². The Kier molecular flexibility index (Phi) is 10.4. The lowest BCUT2D eigenvalue weighted by Crippen LogP contribution is -2.54. The Morgan fingerprint density at radius 1 is 1.17 bits per heavy atom. The molecule has 36 heavy (non-hydrogen) atoms. The molecule has 1 fully saturated rings. The molecule has 3 rings (SSSR count). The molecule has 2 aliphatic rings. The van der Waals surface area contributed by atoms with Crippen molar-refractivity contribution < 1.29 is 38.9 Å². The van der Waals surface area contributed by atoms with E-state index in [0.717, 1.165) is 18.0 Å². The van der Waals surface area contributed by atoms with E-state index in [1.54, 1.807) is 20.8 Å². The zero-order valence-electron chi connectivity index (χ0n) is 20.9. The van der Waals surface area contributed by atoms with Crippen molar-refractivity contribution in [3.63, 3.8) is 0 Å². The number of hydrogen-bond acceptors (Lipinski definition) is 7. The standard InChI is InChI=1S/C17H26N2O8.C8H9N/c1-5-6-26-9-11(18-16(25)27-17(2,3)4)13(20)19-8-10(14(21)22)7-12(19)15(23)24;1-2-4-8-6-9-5-7(8)3-1/h5,10-12H,1,6-9H2,2-4H3,(H,18,25)(H,21,22)(H,23,24);1-4,9H,5-6H2. The van der Waals surface area contributed by atoms with E-state index < -0.39 is 47.5 Å². The molecule has 0 bridgehead atoms. The molecule has 0 saturated carbocycles. The third kappa shape index (κ3) is 8.65. The molecule has 0 spiro atoms. The number of carbonyl (C=O) groups excluding carboxylic acids is 2. The van der Waals surface area contributed by atoms with Gasteiger partial charge < -0.3 is 35.2 Å². The largest absolute Gasteiger partial charge is 0.481 e. The summed E-state index contributed by atoms with van der Waals surface area (Å²) in [6.07, 6.45) is 0.373. The van der Waals surface area contributed by atoms with E-state index in [9.17, 15) is 24.3 Å². The first-order valence-electron chi connectivity index (χ1n) is 11.6. The summed E-state index contributed by atoms with van der Waals surface area (Å²) in [5.41, 5.74) is 2.11. The maximum Gasteiger partial charge on any atom is 0.408 e. The highest BCUT2D eigenvalue weighted by Gasteiger charge is 2.44. The second kappa shape index (κ2) is 13.0. The molecule has 0 aliphatic carbocycles. The summed E-state index contributed by atoms with van der Waals surface area (Å²) in [7, 11) is 0. The number of alkyl carbamates (subject to hydrolysis) is 1. The highest BCUT2D eigenvalue weighted by Crippen LogP contribution is 2.25. The number of nitrogens with one attached hydrogen (secondary N) is 2. The third-order valence-electron chi connectivity index (χ3n) is 5.48. The van der Waals surface area contributed by atoms with Gasteiger partial charge in [-0.2, -0.15) is 0 Å². The molecule has 0 radical (unpaired) electrons. The average Bonchev–Trinajstić information content (AvgIpc) is 3.45. The number of carbonyl (C=O) groups is 4. The van der Waals surface area contributed by atoms with Crippen LogP contribution >= 0.6 is 0 Å². The van der Waals surface area contributed by atoms with Crippen LogP contribution in [0, 0.1) is 5.92 Å². The van der Waals surface area contributed by atoms with Gasteiger partial charge in [-0.15, -0.1) is 6.58 Å². The Morgan fingerprint density at radius 2 is 1.78 bits per heavy atom. The van der Waals surface area contributed by atoms with Crippen molar-refractivity contribution in [1.82, 2.24) is 15.5 Å². The molecule has 1 saturated heterocycles. The van der Waals surface area contributed by atoms with Gasteiger partial charge in [-0.05, 0) is 38.3 Å². The number of amides is 2. The topological polar surface area (TPSA) is 154 Å². The Hall–Kier alpha value is -3.44. The van der Waals surface area contributed by atoms with Gasteiger partial charge in [0, 0.05) is 19.6 Å². The summed E-state index contributed by atoms with van der Waals surface area (Å²) >= 11 is 0. The molecule has 1 aromatic rings. The molecule has 11 heteroatoms. The van der Waals surface area contributed by atoms with E-state index >= 15 is 0 Å². The molecule has 11 nitrogen and oxygen atoms in total. The van der Waals surface area contributed by atoms with Gasteiger partial charge in [0.15, 0.2) is 0 Å². The second-order valence-corrected chi connectivity index (χ2v) is 9.51. The molecule has 2 heterocycles. The first-order valence-corrected chi connectivity index (χ1v) is 11.6. The summed E-state index contributed by atoms with van der Waals surface area (Å²) in [6.45, 7) is 10.1. The van der Waals surface area contributed by atoms with E-state index in [1.807, 2.05) is 0 Å². The predicted molar refractivity (Wildman–Crippen MR) is 130 cm³/mol. The zero-order valence-corrected chi connectivity index (χ0v) is 20.9.